The van der Waals surface area contributed by atoms with E-state index >= 15 is 0 Å². The summed E-state index contributed by atoms with van der Waals surface area (Å²) in [6.07, 6.45) is 3.97. The molecule has 0 saturated carbocycles. The fraction of sp³-hybridized carbons (Fsp3) is 0.545. The summed E-state index contributed by atoms with van der Waals surface area (Å²) < 4.78 is 12.9. The minimum Gasteiger partial charge on any atom is -0.371 e. The van der Waals surface area contributed by atoms with E-state index in [2.05, 4.69) is 16.8 Å². The lowest BCUT2D eigenvalue weighted by atomic mass is 10.1. The zero-order valence-electron chi connectivity index (χ0n) is 8.41. The van der Waals surface area contributed by atoms with Gasteiger partial charge in [-0.1, -0.05) is 13.3 Å². The first kappa shape index (κ1) is 9.44. The molecule has 3 heteroatoms. The van der Waals surface area contributed by atoms with Crippen LogP contribution in [0.2, 0.25) is 0 Å². The smallest absolute Gasteiger partial charge is 0.214 e. The van der Waals surface area contributed by atoms with E-state index < -0.39 is 0 Å². The Balaban J connectivity index is 2.09. The van der Waals surface area contributed by atoms with Crippen LogP contribution in [0.15, 0.2) is 18.3 Å². The molecule has 2 heterocycles. The molecule has 1 unspecified atom stereocenters. The maximum absolute atomic E-state index is 12.9. The SMILES string of the molecule is CCC1CCN(c2ccnc(F)c2)C1. The fourth-order valence-corrected chi connectivity index (χ4v) is 1.99. The van der Waals surface area contributed by atoms with Crippen molar-refractivity contribution < 1.29 is 4.39 Å². The van der Waals surface area contributed by atoms with E-state index in [0.29, 0.717) is 0 Å². The number of hydrogen-bond donors (Lipinski definition) is 0. The first-order valence-electron chi connectivity index (χ1n) is 5.16. The van der Waals surface area contributed by atoms with E-state index in [0.717, 1.165) is 24.7 Å². The zero-order valence-corrected chi connectivity index (χ0v) is 8.41. The number of halogens is 1. The molecular formula is C11H15FN2. The first-order chi connectivity index (χ1) is 6.79. The van der Waals surface area contributed by atoms with E-state index in [4.69, 9.17) is 0 Å². The first-order valence-corrected chi connectivity index (χ1v) is 5.16. The molecule has 1 aromatic rings. The highest BCUT2D eigenvalue weighted by molar-refractivity contribution is 5.45. The van der Waals surface area contributed by atoms with Crippen molar-refractivity contribution in [2.24, 2.45) is 5.92 Å². The number of aromatic nitrogens is 1. The van der Waals surface area contributed by atoms with Gasteiger partial charge in [0.1, 0.15) is 0 Å². The molecule has 1 aromatic heterocycles. The van der Waals surface area contributed by atoms with Gasteiger partial charge in [0.2, 0.25) is 5.95 Å². The summed E-state index contributed by atoms with van der Waals surface area (Å²) in [6.45, 7) is 4.31. The second-order valence-electron chi connectivity index (χ2n) is 3.85. The molecule has 0 spiro atoms. The third-order valence-corrected chi connectivity index (χ3v) is 2.94. The molecule has 0 radical (unpaired) electrons. The molecule has 0 aliphatic carbocycles. The Labute approximate surface area is 83.8 Å². The van der Waals surface area contributed by atoms with Crippen LogP contribution in [0, 0.1) is 11.9 Å². The zero-order chi connectivity index (χ0) is 9.97. The molecular weight excluding hydrogens is 179 g/mol. The Morgan fingerprint density at radius 1 is 1.64 bits per heavy atom. The second kappa shape index (κ2) is 3.95. The van der Waals surface area contributed by atoms with Gasteiger partial charge in [0, 0.05) is 31.0 Å². The topological polar surface area (TPSA) is 16.1 Å². The Hall–Kier alpha value is -1.12. The minimum atomic E-state index is -0.387. The highest BCUT2D eigenvalue weighted by atomic mass is 19.1. The Bertz CT molecular complexity index is 314. The lowest BCUT2D eigenvalue weighted by Crippen LogP contribution is -2.19. The van der Waals surface area contributed by atoms with E-state index in [1.165, 1.54) is 25.1 Å². The molecule has 2 rings (SSSR count). The van der Waals surface area contributed by atoms with Crippen LogP contribution in [-0.4, -0.2) is 18.1 Å². The van der Waals surface area contributed by atoms with Crippen molar-refractivity contribution in [1.82, 2.24) is 4.98 Å². The lowest BCUT2D eigenvalue weighted by molar-refractivity contribution is 0.567. The van der Waals surface area contributed by atoms with Crippen molar-refractivity contribution >= 4 is 5.69 Å². The summed E-state index contributed by atoms with van der Waals surface area (Å²) >= 11 is 0. The maximum Gasteiger partial charge on any atom is 0.214 e. The van der Waals surface area contributed by atoms with Crippen LogP contribution >= 0.6 is 0 Å². The van der Waals surface area contributed by atoms with Crippen molar-refractivity contribution in [3.05, 3.63) is 24.3 Å². The van der Waals surface area contributed by atoms with Crippen molar-refractivity contribution in [2.45, 2.75) is 19.8 Å². The lowest BCUT2D eigenvalue weighted by Gasteiger charge is -2.17. The quantitative estimate of drug-likeness (QED) is 0.672. The molecule has 1 aliphatic rings. The van der Waals surface area contributed by atoms with Gasteiger partial charge in [0.25, 0.3) is 0 Å². The largest absolute Gasteiger partial charge is 0.371 e. The van der Waals surface area contributed by atoms with Gasteiger partial charge in [-0.3, -0.25) is 0 Å². The Kier molecular flexibility index (Phi) is 2.66. The maximum atomic E-state index is 12.9. The number of hydrogen-bond acceptors (Lipinski definition) is 2. The average Bonchev–Trinajstić information content (AvgIpc) is 2.66. The average molecular weight is 194 g/mol. The van der Waals surface area contributed by atoms with Crippen LogP contribution in [0.5, 0.6) is 0 Å². The highest BCUT2D eigenvalue weighted by Gasteiger charge is 2.21. The van der Waals surface area contributed by atoms with Gasteiger partial charge in [-0.05, 0) is 18.4 Å². The van der Waals surface area contributed by atoms with Crippen LogP contribution in [0.3, 0.4) is 0 Å². The van der Waals surface area contributed by atoms with Crippen molar-refractivity contribution in [1.29, 1.82) is 0 Å². The summed E-state index contributed by atoms with van der Waals surface area (Å²) in [4.78, 5) is 5.79. The van der Waals surface area contributed by atoms with Crippen LogP contribution in [0.25, 0.3) is 0 Å². The van der Waals surface area contributed by atoms with Gasteiger partial charge in [0.05, 0.1) is 0 Å². The summed E-state index contributed by atoms with van der Waals surface area (Å²) in [6, 6.07) is 3.39. The second-order valence-corrected chi connectivity index (χ2v) is 3.85. The molecule has 14 heavy (non-hydrogen) atoms. The van der Waals surface area contributed by atoms with Crippen molar-refractivity contribution in [3.8, 4) is 0 Å². The third kappa shape index (κ3) is 1.86. The molecule has 0 bridgehead atoms. The predicted molar refractivity (Wildman–Crippen MR) is 54.8 cm³/mol. The van der Waals surface area contributed by atoms with Crippen molar-refractivity contribution in [2.75, 3.05) is 18.0 Å². The van der Waals surface area contributed by atoms with E-state index in [1.807, 2.05) is 6.07 Å². The molecule has 0 N–H and O–H groups in total. The third-order valence-electron chi connectivity index (χ3n) is 2.94. The number of rotatable bonds is 2. The Morgan fingerprint density at radius 3 is 3.14 bits per heavy atom. The van der Waals surface area contributed by atoms with Gasteiger partial charge in [-0.25, -0.2) is 4.98 Å². The molecule has 1 saturated heterocycles. The van der Waals surface area contributed by atoms with Gasteiger partial charge < -0.3 is 4.90 Å². The predicted octanol–water partition coefficient (Wildman–Crippen LogP) is 2.46. The summed E-state index contributed by atoms with van der Waals surface area (Å²) in [5.41, 5.74) is 0.966. The van der Waals surface area contributed by atoms with Crippen LogP contribution in [-0.2, 0) is 0 Å². The molecule has 76 valence electrons. The van der Waals surface area contributed by atoms with Gasteiger partial charge in [0.15, 0.2) is 0 Å². The molecule has 1 atom stereocenters. The summed E-state index contributed by atoms with van der Waals surface area (Å²) in [5.74, 6) is 0.383. The summed E-state index contributed by atoms with van der Waals surface area (Å²) in [5, 5.41) is 0. The fourth-order valence-electron chi connectivity index (χ4n) is 1.99. The van der Waals surface area contributed by atoms with Crippen molar-refractivity contribution in [3.63, 3.8) is 0 Å². The molecule has 2 nitrogen and oxygen atoms in total. The van der Waals surface area contributed by atoms with E-state index in [1.54, 1.807) is 0 Å². The molecule has 0 aromatic carbocycles. The van der Waals surface area contributed by atoms with Crippen LogP contribution in [0.1, 0.15) is 19.8 Å². The molecule has 0 amide bonds. The normalized spacial score (nSPS) is 21.6. The van der Waals surface area contributed by atoms with Crippen LogP contribution in [0.4, 0.5) is 10.1 Å². The van der Waals surface area contributed by atoms with E-state index in [-0.39, 0.29) is 5.95 Å². The van der Waals surface area contributed by atoms with Gasteiger partial charge in [-0.2, -0.15) is 4.39 Å². The van der Waals surface area contributed by atoms with Gasteiger partial charge >= 0.3 is 0 Å². The molecule has 1 fully saturated rings. The standard InChI is InChI=1S/C11H15FN2/c1-2-9-4-6-14(8-9)10-3-5-13-11(12)7-10/h3,5,7,9H,2,4,6,8H2,1H3. The minimum absolute atomic E-state index is 0.387. The van der Waals surface area contributed by atoms with Gasteiger partial charge in [-0.15, -0.1) is 0 Å². The van der Waals surface area contributed by atoms with Crippen LogP contribution < -0.4 is 4.90 Å². The molecule has 1 aliphatic heterocycles. The highest BCUT2D eigenvalue weighted by Crippen LogP contribution is 2.25. The number of nitrogens with zero attached hydrogens (tertiary/aromatic N) is 2. The monoisotopic (exact) mass is 194 g/mol. The van der Waals surface area contributed by atoms with E-state index in [9.17, 15) is 4.39 Å². The Morgan fingerprint density at radius 2 is 2.50 bits per heavy atom. The number of anilines is 1. The summed E-state index contributed by atoms with van der Waals surface area (Å²) in [7, 11) is 0. The number of pyridine rings is 1.